The van der Waals surface area contributed by atoms with Gasteiger partial charge >= 0.3 is 18.2 Å². The molecule has 4 aliphatic rings. The number of carbonyl (C=O) groups is 8. The number of nitrogens with zero attached hydrogens (tertiary/aromatic N) is 5. The first-order valence-electron chi connectivity index (χ1n) is 32.5. The Morgan fingerprint density at radius 2 is 1.60 bits per heavy atom. The molecule has 8 atom stereocenters. The van der Waals surface area contributed by atoms with Crippen molar-refractivity contribution in [1.29, 1.82) is 0 Å². The van der Waals surface area contributed by atoms with Crippen LogP contribution in [-0.4, -0.2) is 189 Å². The van der Waals surface area contributed by atoms with Gasteiger partial charge in [-0.05, 0) is 84.7 Å². The number of fused-ring (bicyclic) bond motifs is 9. The molecule has 520 valence electrons. The van der Waals surface area contributed by atoms with Crippen LogP contribution in [0.3, 0.4) is 0 Å². The molecule has 0 spiro atoms. The first-order chi connectivity index (χ1) is 46.3. The Morgan fingerprint density at radius 1 is 0.918 bits per heavy atom. The molecule has 3 aliphatic heterocycles. The molecule has 1 aromatic heterocycles. The number of carbonyl (C=O) groups excluding carboxylic acids is 8. The van der Waals surface area contributed by atoms with Crippen molar-refractivity contribution < 1.29 is 76.6 Å². The van der Waals surface area contributed by atoms with Crippen molar-refractivity contribution in [1.82, 2.24) is 35.4 Å². The van der Waals surface area contributed by atoms with E-state index in [0.717, 1.165) is 50.0 Å². The molecule has 6 N–H and O–H groups in total. The van der Waals surface area contributed by atoms with Gasteiger partial charge in [0.25, 0.3) is 0 Å². The molecule has 4 heterocycles. The fraction of sp³-hybridized carbons (Fsp3) is 0.465. The third-order valence-electron chi connectivity index (χ3n) is 18.5. The SMILES string of the molecule is COc1cc2cc(c1Cl)N(C)C(=O)C[C@H](OC(=O)[C@H](C)N(C)C(=O)CCOCCOCCNC(=O)[C@H](CC(N)=O)NC(=O)CCn1c(CN(C)N(C)C(=O)OCC3c4ccccc4-c4ccccc43)cc3ccccc31)[C@]1(C)OC1[C@H](C)[C@@H]1C[C@](O)(C/C=C/C=C(\C)C2)NC(=O)O1. The first-order valence-corrected chi connectivity index (χ1v) is 32.9. The van der Waals surface area contributed by atoms with E-state index in [2.05, 4.69) is 40.2 Å². The lowest BCUT2D eigenvalue weighted by molar-refractivity contribution is -0.162. The number of aliphatic hydroxyl groups is 1. The standard InChI is InChI=1S/C71H88ClN9O16/c1-43-18-16-17-27-71(90)40-58(95-68(88)76-71)44(2)65-70(4,97-65)59(39-63(85)79(7)56-35-46(34-43)36-57(91-9)64(56)72)96-67(87)45(3)78(6)62(84)26-30-92-32-33-93-31-28-74-66(86)54(38-60(73)82)75-61(83)25-29-81-48(37-47-19-10-15-24-55(47)81)41-77(5)80(8)69(89)94-42-53-51-22-13-11-20-49(51)50-21-12-14-23-52(50)53/h10-24,35-37,44-45,53-54,58-59,65,90H,25-34,38-42H2,1-9H3,(H2,73,82)(H,74,86)(H,75,83)(H,76,88)/b17-16+,43-18+/t44-,45+,54+,58+,59+,65?,70+,71-/m1/s1. The number of hydrazine groups is 1. The number of anilines is 1. The van der Waals surface area contributed by atoms with E-state index in [1.54, 1.807) is 64.3 Å². The summed E-state index contributed by atoms with van der Waals surface area (Å²) in [6.07, 6.45) is 0.877. The summed E-state index contributed by atoms with van der Waals surface area (Å²) in [5.74, 6) is -4.00. The van der Waals surface area contributed by atoms with Crippen molar-refractivity contribution in [3.8, 4) is 16.9 Å². The molecule has 9 rings (SSSR count). The zero-order valence-corrected chi connectivity index (χ0v) is 57.1. The number of ether oxygens (including phenoxy) is 7. The van der Waals surface area contributed by atoms with E-state index in [0.29, 0.717) is 17.9 Å². The number of esters is 1. The van der Waals surface area contributed by atoms with Gasteiger partial charge < -0.3 is 69.0 Å². The number of aryl methyl sites for hydroxylation is 1. The lowest BCUT2D eigenvalue weighted by atomic mass is 9.84. The van der Waals surface area contributed by atoms with Crippen LogP contribution in [0.4, 0.5) is 15.3 Å². The number of nitrogens with one attached hydrogen (secondary N) is 3. The summed E-state index contributed by atoms with van der Waals surface area (Å²) < 4.78 is 42.9. The van der Waals surface area contributed by atoms with E-state index in [1.807, 2.05) is 72.2 Å². The highest BCUT2D eigenvalue weighted by molar-refractivity contribution is 6.35. The normalized spacial score (nSPS) is 22.3. The summed E-state index contributed by atoms with van der Waals surface area (Å²) in [5.41, 5.74) is 10.8. The van der Waals surface area contributed by atoms with Crippen LogP contribution >= 0.6 is 11.6 Å². The summed E-state index contributed by atoms with van der Waals surface area (Å²) in [4.78, 5) is 110. The molecule has 0 saturated carbocycles. The molecule has 97 heavy (non-hydrogen) atoms. The summed E-state index contributed by atoms with van der Waals surface area (Å²) in [6.45, 7) is 7.71. The van der Waals surface area contributed by atoms with Gasteiger partial charge in [-0.2, -0.15) is 0 Å². The largest absolute Gasteiger partial charge is 0.495 e. The molecule has 5 aromatic rings. The Hall–Kier alpha value is -8.85. The van der Waals surface area contributed by atoms with Gasteiger partial charge in [0.1, 0.15) is 53.0 Å². The fourth-order valence-electron chi connectivity index (χ4n) is 12.7. The summed E-state index contributed by atoms with van der Waals surface area (Å²) in [7, 11) is 7.87. The highest BCUT2D eigenvalue weighted by Gasteiger charge is 2.64. The zero-order valence-electron chi connectivity index (χ0n) is 56.3. The molecule has 1 unspecified atom stereocenters. The number of allylic oxidation sites excluding steroid dienone is 3. The molecule has 25 nitrogen and oxygen atoms in total. The molecule has 4 bridgehead atoms. The number of halogens is 1. The lowest BCUT2D eigenvalue weighted by Gasteiger charge is -2.39. The predicted molar refractivity (Wildman–Crippen MR) is 361 cm³/mol. The third kappa shape index (κ3) is 17.7. The molecule has 4 aromatic carbocycles. The number of aromatic nitrogens is 1. The van der Waals surface area contributed by atoms with Gasteiger partial charge in [-0.1, -0.05) is 109 Å². The number of para-hydroxylation sites is 1. The maximum atomic E-state index is 14.4. The Morgan fingerprint density at radius 3 is 2.30 bits per heavy atom. The molecular weight excluding hydrogens is 1270 g/mol. The summed E-state index contributed by atoms with van der Waals surface area (Å²) in [5, 5.41) is 23.7. The Bertz CT molecular complexity index is 3760. The number of nitrogens with two attached hydrogens (primary N) is 1. The molecule has 26 heteroatoms. The number of alkyl carbamates (subject to hydrolysis) is 1. The van der Waals surface area contributed by atoms with Gasteiger partial charge in [0.2, 0.25) is 29.5 Å². The highest BCUT2D eigenvalue weighted by atomic mass is 35.5. The zero-order chi connectivity index (χ0) is 69.9. The minimum atomic E-state index is -1.64. The number of primary amides is 1. The number of benzene rings is 4. The molecule has 2 fully saturated rings. The Labute approximate surface area is 569 Å². The Kier molecular flexibility index (Phi) is 23.9. The predicted octanol–water partition coefficient (Wildman–Crippen LogP) is 7.06. The topological polar surface area (TPSA) is 305 Å². The van der Waals surface area contributed by atoms with Crippen molar-refractivity contribution in [3.63, 3.8) is 0 Å². The second-order valence-electron chi connectivity index (χ2n) is 25.4. The fourth-order valence-corrected chi connectivity index (χ4v) is 13.0. The minimum Gasteiger partial charge on any atom is -0.495 e. The first kappa shape index (κ1) is 72.4. The Balaban J connectivity index is 0.714. The van der Waals surface area contributed by atoms with E-state index in [4.69, 9.17) is 50.5 Å². The number of methoxy groups -OCH3 is 1. The average Bonchev–Trinajstić information content (AvgIpc) is 1.58. The number of hydrogen-bond acceptors (Lipinski definition) is 17. The summed E-state index contributed by atoms with van der Waals surface area (Å²) in [6, 6.07) is 27.1. The van der Waals surface area contributed by atoms with Crippen molar-refractivity contribution in [2.75, 3.05) is 79.8 Å². The van der Waals surface area contributed by atoms with Crippen molar-refractivity contribution in [3.05, 3.63) is 142 Å². The highest BCUT2D eigenvalue weighted by Crippen LogP contribution is 2.50. The van der Waals surface area contributed by atoms with E-state index >= 15 is 0 Å². The van der Waals surface area contributed by atoms with Crippen LogP contribution in [0.5, 0.6) is 5.75 Å². The molecule has 2 saturated heterocycles. The van der Waals surface area contributed by atoms with Gasteiger partial charge in [0.05, 0.1) is 71.1 Å². The van der Waals surface area contributed by atoms with Gasteiger partial charge in [-0.15, -0.1) is 0 Å². The lowest BCUT2D eigenvalue weighted by Crippen LogP contribution is -2.57. The number of epoxide rings is 1. The van der Waals surface area contributed by atoms with Gasteiger partial charge in [0, 0.05) is 83.6 Å². The van der Waals surface area contributed by atoms with Crippen LogP contribution in [0.1, 0.15) is 94.5 Å². The quantitative estimate of drug-likeness (QED) is 0.0128. The number of amides is 7. The number of rotatable bonds is 25. The minimum absolute atomic E-state index is 0.0137. The maximum absolute atomic E-state index is 14.4. The third-order valence-corrected chi connectivity index (χ3v) is 18.9. The van der Waals surface area contributed by atoms with Gasteiger partial charge in [-0.3, -0.25) is 29.3 Å². The van der Waals surface area contributed by atoms with Crippen LogP contribution in [0, 0.1) is 5.92 Å². The van der Waals surface area contributed by atoms with Gasteiger partial charge in [0.15, 0.2) is 0 Å². The summed E-state index contributed by atoms with van der Waals surface area (Å²) >= 11 is 6.82. The van der Waals surface area contributed by atoms with Crippen molar-refractivity contribution in [2.24, 2.45) is 11.7 Å². The van der Waals surface area contributed by atoms with Crippen LogP contribution in [-0.2, 0) is 76.7 Å². The molecular formula is C71H88ClN9O16. The maximum Gasteiger partial charge on any atom is 0.424 e. The number of likely N-dealkylation sites (N-methyl/N-ethyl adjacent to an activating group) is 1. The molecule has 7 amide bonds. The second-order valence-corrected chi connectivity index (χ2v) is 25.8. The monoisotopic (exact) mass is 1360 g/mol. The van der Waals surface area contributed by atoms with Crippen LogP contribution in [0.2, 0.25) is 5.02 Å². The second kappa shape index (κ2) is 32.0. The van der Waals surface area contributed by atoms with E-state index < -0.39 is 102 Å². The van der Waals surface area contributed by atoms with Gasteiger partial charge in [-0.25, -0.2) is 24.4 Å². The van der Waals surface area contributed by atoms with Crippen molar-refractivity contribution >= 4 is 75.9 Å². The van der Waals surface area contributed by atoms with E-state index in [1.165, 1.54) is 35.9 Å². The average molecular weight is 1360 g/mol. The van der Waals surface area contributed by atoms with Crippen LogP contribution < -0.4 is 31.3 Å². The van der Waals surface area contributed by atoms with Crippen LogP contribution in [0.15, 0.2) is 115 Å². The smallest absolute Gasteiger partial charge is 0.424 e. The van der Waals surface area contributed by atoms with Crippen LogP contribution in [0.25, 0.3) is 22.0 Å². The number of hydrogen-bond donors (Lipinski definition) is 5. The molecule has 0 radical (unpaired) electrons. The van der Waals surface area contributed by atoms with Crippen molar-refractivity contribution in [2.45, 2.75) is 133 Å². The molecule has 1 aliphatic carbocycles. The van der Waals surface area contributed by atoms with E-state index in [9.17, 15) is 43.5 Å². The van der Waals surface area contributed by atoms with E-state index in [-0.39, 0.29) is 95.7 Å².